The first-order chi connectivity index (χ1) is 13.3. The highest BCUT2D eigenvalue weighted by atomic mass is 16.2. The van der Waals surface area contributed by atoms with Gasteiger partial charge in [-0.1, -0.05) is 24.3 Å². The third-order valence-corrected chi connectivity index (χ3v) is 5.26. The van der Waals surface area contributed by atoms with E-state index in [1.165, 1.54) is 0 Å². The molecule has 0 bridgehead atoms. The second kappa shape index (κ2) is 6.46. The van der Waals surface area contributed by atoms with Gasteiger partial charge in [0.2, 0.25) is 0 Å². The average molecular weight is 357 g/mol. The molecule has 4 aromatic rings. The van der Waals surface area contributed by atoms with Crippen molar-refractivity contribution in [1.82, 2.24) is 24.5 Å². The molecule has 6 heteroatoms. The van der Waals surface area contributed by atoms with Crippen LogP contribution in [0, 0.1) is 0 Å². The highest BCUT2D eigenvalue weighted by Crippen LogP contribution is 2.32. The summed E-state index contributed by atoms with van der Waals surface area (Å²) in [4.78, 5) is 24.5. The fourth-order valence-electron chi connectivity index (χ4n) is 3.92. The summed E-state index contributed by atoms with van der Waals surface area (Å²) >= 11 is 0. The molecule has 4 heterocycles. The molecule has 1 amide bonds. The van der Waals surface area contributed by atoms with E-state index in [0.717, 1.165) is 47.9 Å². The molecule has 6 nitrogen and oxygen atoms in total. The Morgan fingerprint density at radius 3 is 2.93 bits per heavy atom. The molecule has 27 heavy (non-hydrogen) atoms. The lowest BCUT2D eigenvalue weighted by Gasteiger charge is -2.35. The zero-order valence-electron chi connectivity index (χ0n) is 14.8. The third-order valence-electron chi connectivity index (χ3n) is 5.26. The molecule has 1 fully saturated rings. The van der Waals surface area contributed by atoms with Gasteiger partial charge in [-0.05, 0) is 36.8 Å². The molecule has 3 aromatic heterocycles. The summed E-state index contributed by atoms with van der Waals surface area (Å²) in [6, 6.07) is 13.6. The van der Waals surface area contributed by atoms with Crippen LogP contribution in [0.2, 0.25) is 0 Å². The molecule has 0 aliphatic carbocycles. The molecule has 0 spiro atoms. The van der Waals surface area contributed by atoms with Crippen LogP contribution in [0.5, 0.6) is 0 Å². The minimum absolute atomic E-state index is 0.0216. The maximum Gasteiger partial charge on any atom is 0.273 e. The van der Waals surface area contributed by atoms with Crippen molar-refractivity contribution in [3.8, 4) is 0 Å². The van der Waals surface area contributed by atoms with E-state index in [9.17, 15) is 4.79 Å². The van der Waals surface area contributed by atoms with Gasteiger partial charge in [0, 0.05) is 30.4 Å². The Balaban J connectivity index is 1.55. The summed E-state index contributed by atoms with van der Waals surface area (Å²) in [6.45, 7) is 0.723. The molecule has 0 unspecified atom stereocenters. The lowest BCUT2D eigenvalue weighted by atomic mass is 9.98. The summed E-state index contributed by atoms with van der Waals surface area (Å²) in [5.74, 6) is -0.0216. The second-order valence-electron chi connectivity index (χ2n) is 6.88. The van der Waals surface area contributed by atoms with Gasteiger partial charge in [0.25, 0.3) is 5.91 Å². The molecule has 1 saturated heterocycles. The van der Waals surface area contributed by atoms with Crippen LogP contribution >= 0.6 is 0 Å². The Morgan fingerprint density at radius 1 is 1.04 bits per heavy atom. The van der Waals surface area contributed by atoms with Gasteiger partial charge in [-0.2, -0.15) is 5.10 Å². The fourth-order valence-corrected chi connectivity index (χ4v) is 3.92. The fraction of sp³-hybridized carbons (Fsp3) is 0.238. The zero-order valence-corrected chi connectivity index (χ0v) is 14.8. The van der Waals surface area contributed by atoms with E-state index in [1.54, 1.807) is 16.9 Å². The molecule has 1 aliphatic heterocycles. The first kappa shape index (κ1) is 15.9. The van der Waals surface area contributed by atoms with Gasteiger partial charge in [-0.3, -0.25) is 9.78 Å². The van der Waals surface area contributed by atoms with Gasteiger partial charge in [0.05, 0.1) is 17.9 Å². The van der Waals surface area contributed by atoms with Crippen LogP contribution in [0.25, 0.3) is 16.4 Å². The lowest BCUT2D eigenvalue weighted by molar-refractivity contribution is 0.0602. The van der Waals surface area contributed by atoms with E-state index in [1.807, 2.05) is 53.6 Å². The maximum absolute atomic E-state index is 13.4. The minimum atomic E-state index is -0.0353. The van der Waals surface area contributed by atoms with Crippen molar-refractivity contribution in [2.75, 3.05) is 6.54 Å². The van der Waals surface area contributed by atoms with Crippen LogP contribution in [-0.4, -0.2) is 36.9 Å². The van der Waals surface area contributed by atoms with Gasteiger partial charge >= 0.3 is 0 Å². The summed E-state index contributed by atoms with van der Waals surface area (Å²) in [5.41, 5.74) is 2.23. The number of aromatic nitrogens is 4. The average Bonchev–Trinajstić information content (AvgIpc) is 3.21. The van der Waals surface area contributed by atoms with E-state index in [-0.39, 0.29) is 11.9 Å². The van der Waals surface area contributed by atoms with Gasteiger partial charge in [0.1, 0.15) is 5.69 Å². The molecule has 1 atom stereocenters. The number of hydrogen-bond acceptors (Lipinski definition) is 4. The molecule has 1 aliphatic rings. The maximum atomic E-state index is 13.4. The van der Waals surface area contributed by atoms with Gasteiger partial charge in [0.15, 0.2) is 5.65 Å². The number of rotatable bonds is 2. The number of benzene rings is 1. The van der Waals surface area contributed by atoms with Gasteiger partial charge in [-0.25, -0.2) is 9.50 Å². The first-order valence-electron chi connectivity index (χ1n) is 9.26. The smallest absolute Gasteiger partial charge is 0.273 e. The van der Waals surface area contributed by atoms with Crippen LogP contribution in [0.15, 0.2) is 61.1 Å². The van der Waals surface area contributed by atoms with E-state index < -0.39 is 0 Å². The molecular weight excluding hydrogens is 338 g/mol. The summed E-state index contributed by atoms with van der Waals surface area (Å²) in [6.07, 6.45) is 8.35. The van der Waals surface area contributed by atoms with Gasteiger partial charge in [-0.15, -0.1) is 0 Å². The first-order valence-corrected chi connectivity index (χ1v) is 9.26. The Kier molecular flexibility index (Phi) is 3.81. The standard InChI is InChI=1S/C21H19N5O/c27-21(20-16-6-2-1-5-15(16)8-11-22-20)25-13-4-3-7-18(25)17-10-14-26-19(24-17)9-12-23-26/h1-2,5-6,8-12,14,18H,3-4,7,13H2/t18-/m1/s1. The number of hydrogen-bond donors (Lipinski definition) is 0. The number of carbonyl (C=O) groups is 1. The molecule has 134 valence electrons. The monoisotopic (exact) mass is 357 g/mol. The number of nitrogens with zero attached hydrogens (tertiary/aromatic N) is 5. The normalized spacial score (nSPS) is 17.5. The van der Waals surface area contributed by atoms with Crippen LogP contribution < -0.4 is 0 Å². The number of piperidine rings is 1. The van der Waals surface area contributed by atoms with Crippen molar-refractivity contribution in [3.63, 3.8) is 0 Å². The quantitative estimate of drug-likeness (QED) is 0.549. The van der Waals surface area contributed by atoms with E-state index >= 15 is 0 Å². The SMILES string of the molecule is O=C(c1nccc2ccccc12)N1CCCC[C@@H]1c1ccn2nccc2n1. The number of carbonyl (C=O) groups excluding carboxylic acids is 1. The highest BCUT2D eigenvalue weighted by Gasteiger charge is 2.31. The summed E-state index contributed by atoms with van der Waals surface area (Å²) < 4.78 is 1.74. The topological polar surface area (TPSA) is 63.4 Å². The Hall–Kier alpha value is -3.28. The van der Waals surface area contributed by atoms with Crippen LogP contribution in [-0.2, 0) is 0 Å². The number of fused-ring (bicyclic) bond motifs is 2. The number of likely N-dealkylation sites (tertiary alicyclic amines) is 1. The third kappa shape index (κ3) is 2.73. The van der Waals surface area contributed by atoms with Crippen LogP contribution in [0.3, 0.4) is 0 Å². The van der Waals surface area contributed by atoms with Crippen molar-refractivity contribution in [2.24, 2.45) is 0 Å². The Bertz CT molecular complexity index is 1130. The number of amides is 1. The van der Waals surface area contributed by atoms with Crippen molar-refractivity contribution in [2.45, 2.75) is 25.3 Å². The highest BCUT2D eigenvalue weighted by molar-refractivity contribution is 6.05. The van der Waals surface area contributed by atoms with Crippen molar-refractivity contribution < 1.29 is 4.79 Å². The lowest BCUT2D eigenvalue weighted by Crippen LogP contribution is -2.39. The van der Waals surface area contributed by atoms with Gasteiger partial charge < -0.3 is 4.90 Å². The van der Waals surface area contributed by atoms with E-state index in [0.29, 0.717) is 5.69 Å². The van der Waals surface area contributed by atoms with Crippen LogP contribution in [0.1, 0.15) is 41.5 Å². The largest absolute Gasteiger partial charge is 0.329 e. The van der Waals surface area contributed by atoms with Crippen molar-refractivity contribution in [1.29, 1.82) is 0 Å². The summed E-state index contributed by atoms with van der Waals surface area (Å²) in [5, 5.41) is 6.13. The van der Waals surface area contributed by atoms with E-state index in [2.05, 4.69) is 10.1 Å². The molecule has 0 N–H and O–H groups in total. The minimum Gasteiger partial charge on any atom is -0.329 e. The van der Waals surface area contributed by atoms with E-state index in [4.69, 9.17) is 4.98 Å². The Morgan fingerprint density at radius 2 is 1.96 bits per heavy atom. The Labute approximate surface area is 156 Å². The summed E-state index contributed by atoms with van der Waals surface area (Å²) in [7, 11) is 0. The predicted octanol–water partition coefficient (Wildman–Crippen LogP) is 3.64. The molecule has 0 radical (unpaired) electrons. The molecular formula is C21H19N5O. The molecule has 1 aromatic carbocycles. The molecule has 0 saturated carbocycles. The number of pyridine rings is 1. The zero-order chi connectivity index (χ0) is 18.2. The van der Waals surface area contributed by atoms with Crippen LogP contribution in [0.4, 0.5) is 0 Å². The van der Waals surface area contributed by atoms with Crippen molar-refractivity contribution >= 4 is 22.3 Å². The second-order valence-corrected chi connectivity index (χ2v) is 6.88. The predicted molar refractivity (Wildman–Crippen MR) is 102 cm³/mol. The molecule has 5 rings (SSSR count). The van der Waals surface area contributed by atoms with Crippen molar-refractivity contribution in [3.05, 3.63) is 72.4 Å².